The summed E-state index contributed by atoms with van der Waals surface area (Å²) in [5.41, 5.74) is 1.70. The summed E-state index contributed by atoms with van der Waals surface area (Å²) in [6.45, 7) is 7.99. The molecule has 48 heavy (non-hydrogen) atoms. The number of hydrogen-bond donors (Lipinski definition) is 3. The van der Waals surface area contributed by atoms with Gasteiger partial charge in [-0.25, -0.2) is 13.2 Å². The van der Waals surface area contributed by atoms with E-state index in [1.54, 1.807) is 61.3 Å². The minimum absolute atomic E-state index is 0.0905. The number of urea groups is 1. The lowest BCUT2D eigenvalue weighted by Gasteiger charge is -2.35. The number of aliphatic hydroxyl groups excluding tert-OH is 1. The van der Waals surface area contributed by atoms with E-state index in [1.807, 2.05) is 20.8 Å². The Hall–Kier alpha value is -3.19. The zero-order valence-electron chi connectivity index (χ0n) is 29.1. The van der Waals surface area contributed by atoms with E-state index in [0.717, 1.165) is 50.5 Å². The number of rotatable bonds is 8. The molecule has 1 saturated carbocycles. The molecule has 4 atom stereocenters. The van der Waals surface area contributed by atoms with Gasteiger partial charge in [0.15, 0.2) is 0 Å². The van der Waals surface area contributed by atoms with Gasteiger partial charge in [-0.1, -0.05) is 43.9 Å². The van der Waals surface area contributed by atoms with Gasteiger partial charge >= 0.3 is 6.03 Å². The van der Waals surface area contributed by atoms with E-state index in [2.05, 4.69) is 10.6 Å². The normalized spacial score (nSPS) is 22.7. The van der Waals surface area contributed by atoms with Gasteiger partial charge in [0.2, 0.25) is 10.0 Å². The van der Waals surface area contributed by atoms with Crippen molar-refractivity contribution in [3.05, 3.63) is 53.6 Å². The molecular formula is C36H54N4O7S. The molecule has 1 fully saturated rings. The second-order valence-corrected chi connectivity index (χ2v) is 15.6. The van der Waals surface area contributed by atoms with Crippen LogP contribution in [0.1, 0.15) is 88.1 Å². The maximum atomic E-state index is 14.4. The fourth-order valence-corrected chi connectivity index (χ4v) is 7.49. The Kier molecular flexibility index (Phi) is 13.7. The van der Waals surface area contributed by atoms with Gasteiger partial charge in [-0.2, -0.15) is 4.31 Å². The van der Waals surface area contributed by atoms with Crippen LogP contribution in [0.5, 0.6) is 5.75 Å². The number of nitrogens with one attached hydrogen (secondary N) is 2. The molecule has 2 aromatic rings. The fraction of sp³-hybridized carbons (Fsp3) is 0.611. The van der Waals surface area contributed by atoms with Crippen LogP contribution < -0.4 is 15.4 Å². The lowest BCUT2D eigenvalue weighted by atomic mass is 9.96. The first-order chi connectivity index (χ1) is 22.9. The number of anilines is 1. The van der Waals surface area contributed by atoms with Crippen molar-refractivity contribution < 1.29 is 32.6 Å². The van der Waals surface area contributed by atoms with Crippen LogP contribution in [0.4, 0.5) is 10.5 Å². The summed E-state index contributed by atoms with van der Waals surface area (Å²) in [5.74, 6) is -0.256. The van der Waals surface area contributed by atoms with Crippen molar-refractivity contribution in [2.75, 3.05) is 38.7 Å². The molecule has 1 heterocycles. The van der Waals surface area contributed by atoms with E-state index in [1.165, 1.54) is 10.7 Å². The average molecular weight is 687 g/mol. The first-order valence-electron chi connectivity index (χ1n) is 17.3. The minimum atomic E-state index is -3.78. The Labute approximate surface area is 286 Å². The summed E-state index contributed by atoms with van der Waals surface area (Å²) in [7, 11) is -2.23. The summed E-state index contributed by atoms with van der Waals surface area (Å²) < 4.78 is 40.9. The maximum absolute atomic E-state index is 14.4. The Morgan fingerprint density at radius 3 is 2.42 bits per heavy atom. The molecule has 4 rings (SSSR count). The van der Waals surface area contributed by atoms with Crippen molar-refractivity contribution in [3.8, 4) is 5.75 Å². The van der Waals surface area contributed by atoms with E-state index >= 15 is 0 Å². The number of aliphatic hydroxyl groups is 1. The fourth-order valence-electron chi connectivity index (χ4n) is 6.30. The SMILES string of the molecule is Cc1ccc(S(=O)(=O)N(C)C[C@H]2OCCCC[C@@H](C)Oc3ccc(NC(=O)NC4CCCCC4)cc3C(=O)N([C@@H](C)CO)C[C@@H]2C)cc1. The van der Waals surface area contributed by atoms with Crippen molar-refractivity contribution in [2.45, 2.75) is 108 Å². The third-order valence-corrected chi connectivity index (χ3v) is 11.3. The number of benzene rings is 2. The second kappa shape index (κ2) is 17.5. The number of nitrogens with zero attached hydrogens (tertiary/aromatic N) is 2. The van der Waals surface area contributed by atoms with Gasteiger partial charge in [0.1, 0.15) is 5.75 Å². The van der Waals surface area contributed by atoms with Gasteiger partial charge in [0, 0.05) is 44.4 Å². The number of carbonyl (C=O) groups excluding carboxylic acids is 2. The summed E-state index contributed by atoms with van der Waals surface area (Å²) in [5, 5.41) is 16.2. The molecule has 2 aromatic carbocycles. The molecule has 2 aliphatic rings. The van der Waals surface area contributed by atoms with Crippen LogP contribution in [0, 0.1) is 12.8 Å². The van der Waals surface area contributed by atoms with E-state index in [9.17, 15) is 23.1 Å². The minimum Gasteiger partial charge on any atom is -0.490 e. The largest absolute Gasteiger partial charge is 0.490 e. The van der Waals surface area contributed by atoms with Gasteiger partial charge < -0.3 is 30.1 Å². The van der Waals surface area contributed by atoms with Crippen LogP contribution in [-0.4, -0.2) is 92.3 Å². The van der Waals surface area contributed by atoms with Gasteiger partial charge in [-0.15, -0.1) is 0 Å². The first kappa shape index (κ1) is 37.6. The number of amides is 3. The van der Waals surface area contributed by atoms with Crippen molar-refractivity contribution in [1.29, 1.82) is 0 Å². The Balaban J connectivity index is 1.60. The molecule has 3 N–H and O–H groups in total. The Bertz CT molecular complexity index is 1460. The van der Waals surface area contributed by atoms with Gasteiger partial charge in [-0.3, -0.25) is 4.79 Å². The average Bonchev–Trinajstić information content (AvgIpc) is 3.06. The van der Waals surface area contributed by atoms with E-state index in [-0.39, 0.29) is 60.2 Å². The molecule has 11 nitrogen and oxygen atoms in total. The lowest BCUT2D eigenvalue weighted by molar-refractivity contribution is -0.00833. The number of carbonyl (C=O) groups is 2. The topological polar surface area (TPSA) is 138 Å². The molecule has 12 heteroatoms. The highest BCUT2D eigenvalue weighted by Crippen LogP contribution is 2.29. The van der Waals surface area contributed by atoms with E-state index in [0.29, 0.717) is 18.0 Å². The van der Waals surface area contributed by atoms with E-state index < -0.39 is 22.2 Å². The summed E-state index contributed by atoms with van der Waals surface area (Å²) in [6, 6.07) is 11.1. The molecule has 3 amide bonds. The van der Waals surface area contributed by atoms with Crippen LogP contribution in [0.15, 0.2) is 47.4 Å². The molecule has 0 spiro atoms. The highest BCUT2D eigenvalue weighted by atomic mass is 32.2. The highest BCUT2D eigenvalue weighted by molar-refractivity contribution is 7.89. The molecule has 266 valence electrons. The number of fused-ring (bicyclic) bond motifs is 1. The summed E-state index contributed by atoms with van der Waals surface area (Å²) in [6.07, 6.45) is 6.85. The zero-order valence-corrected chi connectivity index (χ0v) is 29.9. The zero-order chi connectivity index (χ0) is 34.8. The number of sulfonamides is 1. The van der Waals surface area contributed by atoms with Crippen molar-refractivity contribution in [3.63, 3.8) is 0 Å². The third kappa shape index (κ3) is 10.2. The Morgan fingerprint density at radius 2 is 1.73 bits per heavy atom. The number of ether oxygens (including phenoxy) is 2. The predicted molar refractivity (Wildman–Crippen MR) is 187 cm³/mol. The quantitative estimate of drug-likeness (QED) is 0.331. The van der Waals surface area contributed by atoms with E-state index in [4.69, 9.17) is 9.47 Å². The Morgan fingerprint density at radius 1 is 1.04 bits per heavy atom. The summed E-state index contributed by atoms with van der Waals surface area (Å²) >= 11 is 0. The third-order valence-electron chi connectivity index (χ3n) is 9.42. The standard InChI is InChI=1S/C36H54N4O7S/c1-25-14-17-31(18-15-25)48(44,45)39(5)23-34-26(2)22-40(27(3)24-41)35(42)32-21-30(38-36(43)37-29-12-7-6-8-13-29)16-19-33(32)47-28(4)11-9-10-20-46-34/h14-19,21,26-29,34,41H,6-13,20,22-24H2,1-5H3,(H2,37,38,43)/t26-,27-,28+,34+/m0/s1. The molecule has 0 radical (unpaired) electrons. The van der Waals surface area contributed by atoms with Crippen LogP contribution >= 0.6 is 0 Å². The van der Waals surface area contributed by atoms with Crippen LogP contribution in [0.2, 0.25) is 0 Å². The molecule has 0 bridgehead atoms. The molecule has 0 unspecified atom stereocenters. The first-order valence-corrected chi connectivity index (χ1v) is 18.8. The number of hydrogen-bond acceptors (Lipinski definition) is 7. The summed E-state index contributed by atoms with van der Waals surface area (Å²) in [4.78, 5) is 29.0. The molecular weight excluding hydrogens is 632 g/mol. The highest BCUT2D eigenvalue weighted by Gasteiger charge is 2.32. The van der Waals surface area contributed by atoms with Crippen molar-refractivity contribution in [1.82, 2.24) is 14.5 Å². The smallest absolute Gasteiger partial charge is 0.319 e. The van der Waals surface area contributed by atoms with Crippen LogP contribution in [0.3, 0.4) is 0 Å². The van der Waals surface area contributed by atoms with Crippen LogP contribution in [0.25, 0.3) is 0 Å². The molecule has 1 aliphatic heterocycles. The molecule has 1 aliphatic carbocycles. The molecule has 0 aromatic heterocycles. The molecule has 0 saturated heterocycles. The monoisotopic (exact) mass is 686 g/mol. The van der Waals surface area contributed by atoms with Gasteiger partial charge in [-0.05, 0) is 83.2 Å². The van der Waals surface area contributed by atoms with Crippen LogP contribution in [-0.2, 0) is 14.8 Å². The maximum Gasteiger partial charge on any atom is 0.319 e. The second-order valence-electron chi connectivity index (χ2n) is 13.5. The van der Waals surface area contributed by atoms with Crippen molar-refractivity contribution in [2.24, 2.45) is 5.92 Å². The van der Waals surface area contributed by atoms with Crippen molar-refractivity contribution >= 4 is 27.6 Å². The number of likely N-dealkylation sites (N-methyl/N-ethyl adjacent to an activating group) is 1. The van der Waals surface area contributed by atoms with Gasteiger partial charge in [0.25, 0.3) is 5.91 Å². The predicted octanol–water partition coefficient (Wildman–Crippen LogP) is 5.57. The lowest BCUT2D eigenvalue weighted by Crippen LogP contribution is -2.48. The number of aryl methyl sites for hydroxylation is 1. The van der Waals surface area contributed by atoms with Gasteiger partial charge in [0.05, 0.1) is 35.3 Å².